The van der Waals surface area contributed by atoms with Gasteiger partial charge in [0, 0.05) is 43.7 Å². The maximum absolute atomic E-state index is 5.21. The van der Waals surface area contributed by atoms with Gasteiger partial charge in [-0.1, -0.05) is 29.3 Å². The summed E-state index contributed by atoms with van der Waals surface area (Å²) in [4.78, 5) is 5.06. The second kappa shape index (κ2) is 7.89. The Morgan fingerprint density at radius 2 is 1.80 bits per heavy atom. The molecule has 0 radical (unpaired) electrons. The van der Waals surface area contributed by atoms with Crippen molar-refractivity contribution in [3.05, 3.63) is 24.3 Å². The first-order valence-corrected chi connectivity index (χ1v) is 8.56. The molecule has 1 unspecified atom stereocenters. The topological polar surface area (TPSA) is 15.7 Å². The van der Waals surface area contributed by atoms with Crippen molar-refractivity contribution >= 4 is 21.6 Å². The number of nitrogens with zero attached hydrogens (tertiary/aromatic N) is 2. The lowest BCUT2D eigenvalue weighted by molar-refractivity contribution is 0.225. The van der Waals surface area contributed by atoms with Crippen molar-refractivity contribution in [2.45, 2.75) is 13.3 Å². The standard InChI is InChI=1S/C16H25BrN2O/c1-3-14(12-17)13-18-8-10-19(11-9-18)15-4-6-16(20-2)7-5-15/h4-7,14H,3,8-13H2,1-2H3. The normalized spacial score (nSPS) is 18.1. The minimum Gasteiger partial charge on any atom is -0.497 e. The van der Waals surface area contributed by atoms with Crippen molar-refractivity contribution in [2.24, 2.45) is 5.92 Å². The van der Waals surface area contributed by atoms with E-state index in [2.05, 4.69) is 44.8 Å². The molecular weight excluding hydrogens is 316 g/mol. The van der Waals surface area contributed by atoms with E-state index in [-0.39, 0.29) is 0 Å². The fourth-order valence-corrected chi connectivity index (χ4v) is 3.30. The number of alkyl halides is 1. The molecular formula is C16H25BrN2O. The molecule has 1 aliphatic rings. The van der Waals surface area contributed by atoms with Gasteiger partial charge >= 0.3 is 0 Å². The highest BCUT2D eigenvalue weighted by atomic mass is 79.9. The number of halogens is 1. The number of hydrogen-bond acceptors (Lipinski definition) is 3. The van der Waals surface area contributed by atoms with Gasteiger partial charge in [0.15, 0.2) is 0 Å². The van der Waals surface area contributed by atoms with E-state index in [9.17, 15) is 0 Å². The maximum Gasteiger partial charge on any atom is 0.119 e. The summed E-state index contributed by atoms with van der Waals surface area (Å²) in [5, 5.41) is 1.11. The molecule has 1 aromatic carbocycles. The molecule has 4 heteroatoms. The molecule has 112 valence electrons. The third kappa shape index (κ3) is 4.13. The van der Waals surface area contributed by atoms with Crippen LogP contribution in [0.15, 0.2) is 24.3 Å². The fraction of sp³-hybridized carbons (Fsp3) is 0.625. The van der Waals surface area contributed by atoms with Crippen LogP contribution in [0.5, 0.6) is 5.75 Å². The first kappa shape index (κ1) is 15.6. The van der Waals surface area contributed by atoms with Crippen LogP contribution in [0.4, 0.5) is 5.69 Å². The first-order valence-electron chi connectivity index (χ1n) is 7.44. The summed E-state index contributed by atoms with van der Waals surface area (Å²) in [6.07, 6.45) is 1.25. The second-order valence-corrected chi connectivity index (χ2v) is 6.06. The number of hydrogen-bond donors (Lipinski definition) is 0. The Labute approximate surface area is 131 Å². The van der Waals surface area contributed by atoms with Crippen LogP contribution < -0.4 is 9.64 Å². The van der Waals surface area contributed by atoms with Crippen molar-refractivity contribution in [1.82, 2.24) is 4.90 Å². The SMILES string of the molecule is CCC(CBr)CN1CCN(c2ccc(OC)cc2)CC1. The summed E-state index contributed by atoms with van der Waals surface area (Å²) in [5.74, 6) is 1.71. The number of anilines is 1. The van der Waals surface area contributed by atoms with Crippen molar-refractivity contribution in [3.63, 3.8) is 0 Å². The second-order valence-electron chi connectivity index (χ2n) is 5.41. The molecule has 3 nitrogen and oxygen atoms in total. The lowest BCUT2D eigenvalue weighted by atomic mass is 10.1. The molecule has 20 heavy (non-hydrogen) atoms. The van der Waals surface area contributed by atoms with E-state index in [1.807, 2.05) is 12.1 Å². The zero-order valence-electron chi connectivity index (χ0n) is 12.5. The highest BCUT2D eigenvalue weighted by molar-refractivity contribution is 9.09. The summed E-state index contributed by atoms with van der Waals surface area (Å²) >= 11 is 3.62. The van der Waals surface area contributed by atoms with Crippen molar-refractivity contribution in [3.8, 4) is 5.75 Å². The molecule has 0 aromatic heterocycles. The minimum absolute atomic E-state index is 0.780. The van der Waals surface area contributed by atoms with Gasteiger partial charge in [0.25, 0.3) is 0 Å². The van der Waals surface area contributed by atoms with Gasteiger partial charge in [0.05, 0.1) is 7.11 Å². The van der Waals surface area contributed by atoms with Crippen LogP contribution in [0.1, 0.15) is 13.3 Å². The number of ether oxygens (including phenoxy) is 1. The Kier molecular flexibility index (Phi) is 6.17. The highest BCUT2D eigenvalue weighted by Gasteiger charge is 2.19. The monoisotopic (exact) mass is 340 g/mol. The molecule has 0 N–H and O–H groups in total. The Bertz CT molecular complexity index is 384. The number of piperazine rings is 1. The van der Waals surface area contributed by atoms with Crippen molar-refractivity contribution in [2.75, 3.05) is 50.1 Å². The summed E-state index contributed by atoms with van der Waals surface area (Å²) in [5.41, 5.74) is 1.30. The average molecular weight is 341 g/mol. The van der Waals surface area contributed by atoms with E-state index in [1.165, 1.54) is 18.7 Å². The van der Waals surface area contributed by atoms with Crippen LogP contribution in [0.2, 0.25) is 0 Å². The minimum atomic E-state index is 0.780. The number of methoxy groups -OCH3 is 1. The molecule has 0 spiro atoms. The largest absolute Gasteiger partial charge is 0.497 e. The van der Waals surface area contributed by atoms with Gasteiger partial charge < -0.3 is 9.64 Å². The smallest absolute Gasteiger partial charge is 0.119 e. The van der Waals surface area contributed by atoms with Gasteiger partial charge in [-0.05, 0) is 30.2 Å². The van der Waals surface area contributed by atoms with Crippen LogP contribution in [0.25, 0.3) is 0 Å². The lowest BCUT2D eigenvalue weighted by Crippen LogP contribution is -2.47. The molecule has 2 rings (SSSR count). The van der Waals surface area contributed by atoms with Gasteiger partial charge in [-0.15, -0.1) is 0 Å². The van der Waals surface area contributed by atoms with Gasteiger partial charge in [0.2, 0.25) is 0 Å². The molecule has 1 atom stereocenters. The van der Waals surface area contributed by atoms with Crippen molar-refractivity contribution in [1.29, 1.82) is 0 Å². The maximum atomic E-state index is 5.21. The van der Waals surface area contributed by atoms with Gasteiger partial charge in [-0.2, -0.15) is 0 Å². The van der Waals surface area contributed by atoms with Gasteiger partial charge in [-0.3, -0.25) is 4.90 Å². The lowest BCUT2D eigenvalue weighted by Gasteiger charge is -2.37. The molecule has 0 bridgehead atoms. The molecule has 1 aromatic rings. The van der Waals surface area contributed by atoms with Crippen LogP contribution >= 0.6 is 15.9 Å². The van der Waals surface area contributed by atoms with Gasteiger partial charge in [-0.25, -0.2) is 0 Å². The predicted molar refractivity (Wildman–Crippen MR) is 89.2 cm³/mol. The van der Waals surface area contributed by atoms with Gasteiger partial charge in [0.1, 0.15) is 5.75 Å². The summed E-state index contributed by atoms with van der Waals surface area (Å²) in [6.45, 7) is 8.05. The fourth-order valence-electron chi connectivity index (χ4n) is 2.63. The van der Waals surface area contributed by atoms with Crippen LogP contribution in [0, 0.1) is 5.92 Å². The Morgan fingerprint density at radius 1 is 1.15 bits per heavy atom. The highest BCUT2D eigenvalue weighted by Crippen LogP contribution is 2.21. The number of benzene rings is 1. The summed E-state index contributed by atoms with van der Waals surface area (Å²) in [7, 11) is 1.71. The summed E-state index contributed by atoms with van der Waals surface area (Å²) < 4.78 is 5.21. The molecule has 1 aliphatic heterocycles. The van der Waals surface area contributed by atoms with Crippen LogP contribution in [0.3, 0.4) is 0 Å². The zero-order chi connectivity index (χ0) is 14.4. The molecule has 0 aliphatic carbocycles. The predicted octanol–water partition coefficient (Wildman–Crippen LogP) is 3.24. The molecule has 0 saturated carbocycles. The Balaban J connectivity index is 1.84. The van der Waals surface area contributed by atoms with E-state index in [0.29, 0.717) is 0 Å². The number of rotatable bonds is 6. The quantitative estimate of drug-likeness (QED) is 0.739. The Hall–Kier alpha value is -0.740. The third-order valence-corrected chi connectivity index (χ3v) is 5.04. The molecule has 1 heterocycles. The molecule has 1 saturated heterocycles. The van der Waals surface area contributed by atoms with Crippen molar-refractivity contribution < 1.29 is 4.74 Å². The van der Waals surface area contributed by atoms with E-state index in [1.54, 1.807) is 7.11 Å². The third-order valence-electron chi connectivity index (χ3n) is 4.12. The average Bonchev–Trinajstić information content (AvgIpc) is 2.53. The zero-order valence-corrected chi connectivity index (χ0v) is 14.1. The summed E-state index contributed by atoms with van der Waals surface area (Å²) in [6, 6.07) is 8.39. The van der Waals surface area contributed by atoms with E-state index in [0.717, 1.165) is 43.2 Å². The van der Waals surface area contributed by atoms with E-state index >= 15 is 0 Å². The van der Waals surface area contributed by atoms with E-state index < -0.39 is 0 Å². The Morgan fingerprint density at radius 3 is 2.30 bits per heavy atom. The van der Waals surface area contributed by atoms with Crippen LogP contribution in [-0.2, 0) is 0 Å². The van der Waals surface area contributed by atoms with E-state index in [4.69, 9.17) is 4.74 Å². The molecule has 1 fully saturated rings. The molecule has 0 amide bonds. The van der Waals surface area contributed by atoms with Crippen LogP contribution in [-0.4, -0.2) is 50.1 Å². The first-order chi connectivity index (χ1) is 9.76.